The molecule has 27 heavy (non-hydrogen) atoms. The maximum absolute atomic E-state index is 12.7. The summed E-state index contributed by atoms with van der Waals surface area (Å²) in [5.74, 6) is 1.10. The topological polar surface area (TPSA) is 71.3 Å². The van der Waals surface area contributed by atoms with E-state index in [0.717, 1.165) is 24.9 Å². The zero-order valence-electron chi connectivity index (χ0n) is 15.8. The minimum Gasteiger partial charge on any atom is -0.345 e. The molecule has 0 bridgehead atoms. The fourth-order valence-corrected chi connectivity index (χ4v) is 4.26. The maximum Gasteiger partial charge on any atom is 0.251 e. The third-order valence-corrected chi connectivity index (χ3v) is 6.57. The number of nitrogens with zero attached hydrogens (tertiary/aromatic N) is 3. The number of benzene rings is 1. The Hall–Kier alpha value is -2.21. The summed E-state index contributed by atoms with van der Waals surface area (Å²) < 4.78 is 5.01. The first kappa shape index (κ1) is 16.9. The van der Waals surface area contributed by atoms with Crippen molar-refractivity contribution in [2.24, 2.45) is 5.41 Å². The summed E-state index contributed by atoms with van der Waals surface area (Å²) in [6.45, 7) is 5.14. The Morgan fingerprint density at radius 1 is 1.11 bits per heavy atom. The number of amides is 1. The van der Waals surface area contributed by atoms with E-state index in [9.17, 15) is 4.79 Å². The zero-order chi connectivity index (χ0) is 18.5. The largest absolute Gasteiger partial charge is 0.345 e. The number of hydrogen-bond donors (Lipinski definition) is 1. The summed E-state index contributed by atoms with van der Waals surface area (Å²) in [5.41, 5.74) is 2.22. The molecule has 6 heteroatoms. The highest BCUT2D eigenvalue weighted by molar-refractivity contribution is 5.95. The van der Waals surface area contributed by atoms with Gasteiger partial charge in [0.05, 0.1) is 5.54 Å². The second-order valence-electron chi connectivity index (χ2n) is 8.72. The van der Waals surface area contributed by atoms with E-state index >= 15 is 0 Å². The summed E-state index contributed by atoms with van der Waals surface area (Å²) >= 11 is 0. The van der Waals surface area contributed by atoms with E-state index in [2.05, 4.69) is 20.4 Å². The van der Waals surface area contributed by atoms with Crippen molar-refractivity contribution in [3.8, 4) is 11.4 Å². The summed E-state index contributed by atoms with van der Waals surface area (Å²) in [6, 6.07) is 7.42. The van der Waals surface area contributed by atoms with Crippen LogP contribution in [0.4, 0.5) is 0 Å². The number of likely N-dealkylation sites (tertiary alicyclic amines) is 1. The molecule has 1 aromatic carbocycles. The van der Waals surface area contributed by atoms with Crippen LogP contribution in [0.3, 0.4) is 0 Å². The average molecular weight is 366 g/mol. The normalized spacial score (nSPS) is 22.6. The van der Waals surface area contributed by atoms with Crippen molar-refractivity contribution in [2.45, 2.75) is 51.0 Å². The predicted octanol–water partition coefficient (Wildman–Crippen LogP) is 3.18. The molecule has 3 aliphatic rings. The Morgan fingerprint density at radius 3 is 2.37 bits per heavy atom. The predicted molar refractivity (Wildman–Crippen MR) is 101 cm³/mol. The van der Waals surface area contributed by atoms with Gasteiger partial charge in [0.1, 0.15) is 0 Å². The molecule has 0 radical (unpaired) electrons. The molecule has 0 atom stereocenters. The molecule has 2 saturated carbocycles. The summed E-state index contributed by atoms with van der Waals surface area (Å²) in [7, 11) is 0. The third kappa shape index (κ3) is 3.50. The Morgan fingerprint density at radius 2 is 1.81 bits per heavy atom. The molecule has 1 aromatic heterocycles. The van der Waals surface area contributed by atoms with Crippen molar-refractivity contribution in [3.63, 3.8) is 0 Å². The van der Waals surface area contributed by atoms with Crippen molar-refractivity contribution in [1.82, 2.24) is 20.4 Å². The number of nitrogens with one attached hydrogen (secondary N) is 1. The van der Waals surface area contributed by atoms with Gasteiger partial charge >= 0.3 is 0 Å². The van der Waals surface area contributed by atoms with E-state index in [1.807, 2.05) is 24.3 Å². The molecule has 1 N–H and O–H groups in total. The fourth-order valence-electron chi connectivity index (χ4n) is 4.26. The van der Waals surface area contributed by atoms with E-state index in [-0.39, 0.29) is 11.4 Å². The van der Waals surface area contributed by atoms with Crippen molar-refractivity contribution >= 4 is 5.91 Å². The number of rotatable bonds is 5. The van der Waals surface area contributed by atoms with Crippen LogP contribution in [0, 0.1) is 12.3 Å². The number of aryl methyl sites for hydroxylation is 1. The van der Waals surface area contributed by atoms with Gasteiger partial charge in [0.15, 0.2) is 0 Å². The van der Waals surface area contributed by atoms with Crippen LogP contribution in [0.1, 0.15) is 54.8 Å². The molecule has 5 rings (SSSR count). The third-order valence-electron chi connectivity index (χ3n) is 6.57. The summed E-state index contributed by atoms with van der Waals surface area (Å²) in [6.07, 6.45) is 7.72. The molecule has 1 spiro atoms. The number of carbonyl (C=O) groups is 1. The number of aromatic nitrogens is 2. The first-order valence-corrected chi connectivity index (χ1v) is 10.0. The van der Waals surface area contributed by atoms with Gasteiger partial charge in [-0.25, -0.2) is 0 Å². The van der Waals surface area contributed by atoms with Gasteiger partial charge in [-0.3, -0.25) is 4.79 Å². The number of hydrogen-bond acceptors (Lipinski definition) is 5. The van der Waals surface area contributed by atoms with Gasteiger partial charge in [0, 0.05) is 24.6 Å². The van der Waals surface area contributed by atoms with Crippen LogP contribution in [-0.4, -0.2) is 46.1 Å². The lowest BCUT2D eigenvalue weighted by molar-refractivity contribution is 0.0900. The highest BCUT2D eigenvalue weighted by Crippen LogP contribution is 2.54. The Kier molecular flexibility index (Phi) is 3.86. The molecule has 2 heterocycles. The average Bonchev–Trinajstić information content (AvgIpc) is 3.57. The molecule has 142 valence electrons. The number of carbonyl (C=O) groups excluding carboxylic acids is 1. The van der Waals surface area contributed by atoms with Crippen molar-refractivity contribution in [2.75, 3.05) is 19.6 Å². The van der Waals surface area contributed by atoms with E-state index < -0.39 is 0 Å². The van der Waals surface area contributed by atoms with Crippen LogP contribution in [0.15, 0.2) is 28.8 Å². The smallest absolute Gasteiger partial charge is 0.251 e. The molecular formula is C21H26N4O2. The van der Waals surface area contributed by atoms with Crippen molar-refractivity contribution in [1.29, 1.82) is 0 Å². The van der Waals surface area contributed by atoms with Crippen molar-refractivity contribution < 1.29 is 9.32 Å². The molecular weight excluding hydrogens is 340 g/mol. The molecule has 3 fully saturated rings. The maximum atomic E-state index is 12.7. The Balaban J connectivity index is 1.19. The minimum atomic E-state index is -0.0193. The lowest BCUT2D eigenvalue weighted by Crippen LogP contribution is -2.48. The zero-order valence-corrected chi connectivity index (χ0v) is 15.8. The fraction of sp³-hybridized carbons (Fsp3) is 0.571. The highest BCUT2D eigenvalue weighted by atomic mass is 16.5. The Bertz CT molecular complexity index is 839. The lowest BCUT2D eigenvalue weighted by atomic mass is 9.93. The van der Waals surface area contributed by atoms with Crippen LogP contribution in [0.2, 0.25) is 0 Å². The molecule has 2 aliphatic carbocycles. The van der Waals surface area contributed by atoms with Crippen LogP contribution >= 0.6 is 0 Å². The van der Waals surface area contributed by atoms with Gasteiger partial charge in [-0.15, -0.1) is 0 Å². The van der Waals surface area contributed by atoms with Crippen LogP contribution < -0.4 is 5.32 Å². The second kappa shape index (κ2) is 6.16. The molecule has 1 aliphatic heterocycles. The minimum absolute atomic E-state index is 0.0130. The van der Waals surface area contributed by atoms with Gasteiger partial charge < -0.3 is 14.7 Å². The van der Waals surface area contributed by atoms with Gasteiger partial charge in [-0.2, -0.15) is 4.98 Å². The highest BCUT2D eigenvalue weighted by Gasteiger charge is 2.48. The molecule has 0 unspecified atom stereocenters. The summed E-state index contributed by atoms with van der Waals surface area (Å²) in [5, 5.41) is 7.22. The molecule has 2 aromatic rings. The van der Waals surface area contributed by atoms with E-state index in [1.165, 1.54) is 38.8 Å². The molecule has 1 amide bonds. The van der Waals surface area contributed by atoms with E-state index in [1.54, 1.807) is 6.92 Å². The summed E-state index contributed by atoms with van der Waals surface area (Å²) in [4.78, 5) is 19.5. The molecule has 6 nitrogen and oxygen atoms in total. The quantitative estimate of drug-likeness (QED) is 0.880. The van der Waals surface area contributed by atoms with Gasteiger partial charge in [-0.1, -0.05) is 17.3 Å². The lowest BCUT2D eigenvalue weighted by Gasteiger charge is -2.35. The van der Waals surface area contributed by atoms with Crippen molar-refractivity contribution in [3.05, 3.63) is 35.7 Å². The van der Waals surface area contributed by atoms with Gasteiger partial charge in [-0.05, 0) is 69.2 Å². The first-order chi connectivity index (χ1) is 13.0. The van der Waals surface area contributed by atoms with E-state index in [4.69, 9.17) is 4.52 Å². The van der Waals surface area contributed by atoms with E-state index in [0.29, 0.717) is 22.7 Å². The molecule has 1 saturated heterocycles. The van der Waals surface area contributed by atoms with Gasteiger partial charge in [0.25, 0.3) is 5.91 Å². The van der Waals surface area contributed by atoms with Crippen LogP contribution in [0.5, 0.6) is 0 Å². The van der Waals surface area contributed by atoms with Crippen LogP contribution in [-0.2, 0) is 0 Å². The number of piperidine rings is 1. The second-order valence-corrected chi connectivity index (χ2v) is 8.72. The Labute approximate surface area is 159 Å². The van der Waals surface area contributed by atoms with Crippen LogP contribution in [0.25, 0.3) is 11.4 Å². The first-order valence-electron chi connectivity index (χ1n) is 10.0. The van der Waals surface area contributed by atoms with Gasteiger partial charge in [0.2, 0.25) is 11.7 Å². The monoisotopic (exact) mass is 366 g/mol. The standard InChI is InChI=1S/C21H26N4O2/c1-15-22-18(24-27-15)16-2-4-17(5-3-16)19(26)23-21(8-9-21)14-25-12-10-20(6-7-20)11-13-25/h2-5H,6-14H2,1H3,(H,23,26). The SMILES string of the molecule is Cc1nc(-c2ccc(C(=O)NC3(CN4CCC5(CC4)CC5)CC3)cc2)no1.